The van der Waals surface area contributed by atoms with Crippen LogP contribution in [0.1, 0.15) is 20.8 Å². The van der Waals surface area contributed by atoms with Crippen molar-refractivity contribution in [1.82, 2.24) is 0 Å². The van der Waals surface area contributed by atoms with Gasteiger partial charge in [-0.25, -0.2) is 0 Å². The van der Waals surface area contributed by atoms with Gasteiger partial charge < -0.3 is 0 Å². The second-order valence-electron chi connectivity index (χ2n) is 2.46. The summed E-state index contributed by atoms with van der Waals surface area (Å²) >= 11 is -2.07. The molecule has 0 N–H and O–H groups in total. The molecule has 0 radical (unpaired) electrons. The van der Waals surface area contributed by atoms with Gasteiger partial charge in [-0.2, -0.15) is 0 Å². The summed E-state index contributed by atoms with van der Waals surface area (Å²) < 4.78 is 5.18. The zero-order chi connectivity index (χ0) is 8.04. The maximum absolute atomic E-state index is 10.1. The van der Waals surface area contributed by atoms with Gasteiger partial charge in [0.1, 0.15) is 0 Å². The van der Waals surface area contributed by atoms with Crippen LogP contribution in [0, 0.1) is 0 Å². The van der Waals surface area contributed by atoms with E-state index in [1.54, 1.807) is 0 Å². The van der Waals surface area contributed by atoms with Crippen molar-refractivity contribution in [3.63, 3.8) is 0 Å². The Kier molecular flexibility index (Phi) is 4.78. The Morgan fingerprint density at radius 3 is 1.70 bits per heavy atom. The SMILES string of the molecule is C[CH2][Ge]([CH2]C)([CH2]C)[O]C=O. The number of carbonyl (C=O) groups excluding carboxylic acids is 1. The molecule has 10 heavy (non-hydrogen) atoms. The number of carbonyl (C=O) groups is 1. The summed E-state index contributed by atoms with van der Waals surface area (Å²) in [6, 6.07) is 0. The van der Waals surface area contributed by atoms with Gasteiger partial charge in [-0.15, -0.1) is 0 Å². The molecule has 0 unspecified atom stereocenters. The first-order valence-corrected chi connectivity index (χ1v) is 9.16. The van der Waals surface area contributed by atoms with E-state index < -0.39 is 13.6 Å². The van der Waals surface area contributed by atoms with Crippen molar-refractivity contribution in [3.05, 3.63) is 0 Å². The Morgan fingerprint density at radius 1 is 1.20 bits per heavy atom. The first kappa shape index (κ1) is 10.0. The van der Waals surface area contributed by atoms with Crippen LogP contribution in [0.25, 0.3) is 0 Å². The van der Waals surface area contributed by atoms with Crippen molar-refractivity contribution >= 4 is 20.1 Å². The van der Waals surface area contributed by atoms with E-state index in [1.807, 2.05) is 0 Å². The number of hydrogen-bond acceptors (Lipinski definition) is 2. The Hall–Kier alpha value is 0.0129. The third-order valence-electron chi connectivity index (χ3n) is 2.23. The van der Waals surface area contributed by atoms with Gasteiger partial charge in [0, 0.05) is 0 Å². The molecule has 0 amide bonds. The monoisotopic (exact) mass is 206 g/mol. The van der Waals surface area contributed by atoms with E-state index in [1.165, 1.54) is 0 Å². The molecule has 0 aromatic carbocycles. The van der Waals surface area contributed by atoms with Gasteiger partial charge in [-0.1, -0.05) is 0 Å². The van der Waals surface area contributed by atoms with E-state index in [2.05, 4.69) is 20.8 Å². The number of hydrogen-bond donors (Lipinski definition) is 0. The molecule has 0 aromatic heterocycles. The zero-order valence-electron chi connectivity index (χ0n) is 7.02. The van der Waals surface area contributed by atoms with Crippen molar-refractivity contribution in [1.29, 1.82) is 0 Å². The molecule has 0 heterocycles. The Balaban J connectivity index is 4.00. The van der Waals surface area contributed by atoms with Crippen LogP contribution in [0.5, 0.6) is 0 Å². The van der Waals surface area contributed by atoms with Crippen LogP contribution in [-0.4, -0.2) is 20.1 Å². The molecule has 0 bridgehead atoms. The standard InChI is InChI=1S/C7H16GeO2/c1-4-8(5-2,6-3)10-7-9/h7H,4-6H2,1-3H3. The fourth-order valence-electron chi connectivity index (χ4n) is 1.10. The molecule has 0 aromatic rings. The quantitative estimate of drug-likeness (QED) is 0.507. The van der Waals surface area contributed by atoms with Crippen LogP contribution in [-0.2, 0) is 8.56 Å². The van der Waals surface area contributed by atoms with Crippen molar-refractivity contribution in [3.8, 4) is 0 Å². The Labute approximate surface area is 65.7 Å². The summed E-state index contributed by atoms with van der Waals surface area (Å²) in [4.78, 5) is 10.1. The molecule has 60 valence electrons. The second kappa shape index (κ2) is 4.77. The zero-order valence-corrected chi connectivity index (χ0v) is 9.11. The average molecular weight is 205 g/mol. The normalized spacial score (nSPS) is 11.1. The van der Waals surface area contributed by atoms with E-state index in [9.17, 15) is 4.79 Å². The summed E-state index contributed by atoms with van der Waals surface area (Å²) in [5.74, 6) is 0. The minimum absolute atomic E-state index is 0.635. The molecule has 2 nitrogen and oxygen atoms in total. The third kappa shape index (κ3) is 2.33. The average Bonchev–Trinajstić information content (AvgIpc) is 2.01. The first-order valence-electron chi connectivity index (χ1n) is 3.86. The van der Waals surface area contributed by atoms with Crippen molar-refractivity contribution < 1.29 is 8.56 Å². The van der Waals surface area contributed by atoms with E-state index in [0.29, 0.717) is 6.47 Å². The van der Waals surface area contributed by atoms with Gasteiger partial charge in [0.05, 0.1) is 0 Å². The maximum atomic E-state index is 10.1. The van der Waals surface area contributed by atoms with E-state index >= 15 is 0 Å². The molecule has 0 saturated heterocycles. The molecule has 0 saturated carbocycles. The first-order chi connectivity index (χ1) is 4.74. The van der Waals surface area contributed by atoms with Gasteiger partial charge in [0.25, 0.3) is 0 Å². The molecule has 0 atom stereocenters. The molecule has 0 rings (SSSR count). The fraction of sp³-hybridized carbons (Fsp3) is 0.857. The second-order valence-corrected chi connectivity index (χ2v) is 12.4. The summed E-state index contributed by atoms with van der Waals surface area (Å²) in [5.41, 5.74) is 0. The summed E-state index contributed by atoms with van der Waals surface area (Å²) in [6.07, 6.45) is 0. The Bertz CT molecular complexity index is 91.5. The molecule has 0 aliphatic carbocycles. The van der Waals surface area contributed by atoms with Crippen LogP contribution in [0.4, 0.5) is 0 Å². The topological polar surface area (TPSA) is 26.3 Å². The molecular formula is C7H16GeO2. The van der Waals surface area contributed by atoms with E-state index in [-0.39, 0.29) is 0 Å². The minimum atomic E-state index is -2.07. The summed E-state index contributed by atoms with van der Waals surface area (Å²) in [5, 5.41) is 3.27. The van der Waals surface area contributed by atoms with E-state index in [4.69, 9.17) is 3.76 Å². The molecule has 0 fully saturated rings. The van der Waals surface area contributed by atoms with Crippen LogP contribution < -0.4 is 0 Å². The molecular weight excluding hydrogens is 189 g/mol. The fourth-order valence-corrected chi connectivity index (χ4v) is 5.73. The van der Waals surface area contributed by atoms with E-state index in [0.717, 1.165) is 15.8 Å². The predicted molar refractivity (Wildman–Crippen MR) is 44.3 cm³/mol. The summed E-state index contributed by atoms with van der Waals surface area (Å²) in [7, 11) is 0. The molecule has 0 spiro atoms. The van der Waals surface area contributed by atoms with Gasteiger partial charge in [-0.05, 0) is 0 Å². The van der Waals surface area contributed by atoms with Gasteiger partial charge >= 0.3 is 65.2 Å². The van der Waals surface area contributed by atoms with Crippen molar-refractivity contribution in [2.75, 3.05) is 0 Å². The third-order valence-corrected chi connectivity index (χ3v) is 11.6. The molecule has 0 aliphatic heterocycles. The van der Waals surface area contributed by atoms with Gasteiger partial charge in [0.15, 0.2) is 0 Å². The predicted octanol–water partition coefficient (Wildman–Crippen LogP) is 2.16. The van der Waals surface area contributed by atoms with Gasteiger partial charge in [0.2, 0.25) is 0 Å². The van der Waals surface area contributed by atoms with Crippen molar-refractivity contribution in [2.24, 2.45) is 0 Å². The Morgan fingerprint density at radius 2 is 1.60 bits per heavy atom. The van der Waals surface area contributed by atoms with Crippen molar-refractivity contribution in [2.45, 2.75) is 36.5 Å². The number of rotatable bonds is 5. The van der Waals surface area contributed by atoms with Crippen LogP contribution in [0.15, 0.2) is 0 Å². The van der Waals surface area contributed by atoms with Crippen LogP contribution in [0.3, 0.4) is 0 Å². The molecule has 0 aliphatic rings. The van der Waals surface area contributed by atoms with Crippen LogP contribution in [0.2, 0.25) is 15.8 Å². The van der Waals surface area contributed by atoms with Gasteiger partial charge in [-0.3, -0.25) is 0 Å². The summed E-state index contributed by atoms with van der Waals surface area (Å²) in [6.45, 7) is 7.00. The van der Waals surface area contributed by atoms with Crippen LogP contribution >= 0.6 is 0 Å². The molecule has 3 heteroatoms.